The Balaban J connectivity index is 2.04. The molecule has 0 atom stereocenters. The summed E-state index contributed by atoms with van der Waals surface area (Å²) in [6.45, 7) is 4.05. The van der Waals surface area contributed by atoms with E-state index in [1.165, 1.54) is 0 Å². The first-order chi connectivity index (χ1) is 12.3. The van der Waals surface area contributed by atoms with Crippen LogP contribution in [0.1, 0.15) is 46.0 Å². The highest BCUT2D eigenvalue weighted by molar-refractivity contribution is 6.02. The highest BCUT2D eigenvalue weighted by Gasteiger charge is 2.14. The number of rotatable bonds is 7. The maximum Gasteiger partial charge on any atom is 0.251 e. The Morgan fingerprint density at radius 1 is 1.04 bits per heavy atom. The number of Topliss-reactive ketones (excluding diaryl/α,β-unsaturated/α-hetero) is 1. The topological polar surface area (TPSA) is 58.6 Å². The van der Waals surface area contributed by atoms with Gasteiger partial charge in [0.05, 0.1) is 13.7 Å². The summed E-state index contributed by atoms with van der Waals surface area (Å²) in [4.78, 5) is 26.6. The van der Waals surface area contributed by atoms with Crippen molar-refractivity contribution in [2.24, 2.45) is 0 Å². The summed E-state index contributed by atoms with van der Waals surface area (Å²) < 4.78 is 5.34. The molecule has 0 saturated heterocycles. The first-order valence-corrected chi connectivity index (χ1v) is 8.60. The van der Waals surface area contributed by atoms with E-state index in [-0.39, 0.29) is 24.2 Å². The Labute approximate surface area is 155 Å². The van der Waals surface area contributed by atoms with E-state index in [4.69, 9.17) is 4.74 Å². The molecule has 138 valence electrons. The number of nitrogens with zero attached hydrogens (tertiary/aromatic N) is 1. The van der Waals surface area contributed by atoms with Crippen molar-refractivity contribution in [2.75, 3.05) is 32.6 Å². The summed E-state index contributed by atoms with van der Waals surface area (Å²) in [5.74, 6) is 0.609. The standard InChI is InChI=1S/C21H26N2O3/c1-14(2)18-12-16(8-11-20(18)26-5)19(24)13-22-21(25)15-6-9-17(10-7-15)23(3)4/h6-12,14H,13H2,1-5H3,(H,22,25). The minimum absolute atomic E-state index is 0.0435. The van der Waals surface area contributed by atoms with Crippen molar-refractivity contribution in [3.05, 3.63) is 59.2 Å². The summed E-state index contributed by atoms with van der Waals surface area (Å²) in [6.07, 6.45) is 0. The lowest BCUT2D eigenvalue weighted by atomic mass is 9.98. The first-order valence-electron chi connectivity index (χ1n) is 8.60. The molecular formula is C21H26N2O3. The Hall–Kier alpha value is -2.82. The number of methoxy groups -OCH3 is 1. The number of hydrogen-bond donors (Lipinski definition) is 1. The van der Waals surface area contributed by atoms with E-state index in [1.54, 1.807) is 31.4 Å². The maximum absolute atomic E-state index is 12.4. The number of ketones is 1. The van der Waals surface area contributed by atoms with Crippen LogP contribution >= 0.6 is 0 Å². The van der Waals surface area contributed by atoms with Crippen LogP contribution in [-0.4, -0.2) is 39.4 Å². The minimum Gasteiger partial charge on any atom is -0.496 e. The average Bonchev–Trinajstić information content (AvgIpc) is 2.65. The molecule has 0 unspecified atom stereocenters. The highest BCUT2D eigenvalue weighted by atomic mass is 16.5. The minimum atomic E-state index is -0.263. The third-order valence-corrected chi connectivity index (χ3v) is 4.23. The first kappa shape index (κ1) is 19.5. The van der Waals surface area contributed by atoms with Gasteiger partial charge in [0.25, 0.3) is 5.91 Å². The van der Waals surface area contributed by atoms with Crippen LogP contribution in [0.4, 0.5) is 5.69 Å². The van der Waals surface area contributed by atoms with Crippen LogP contribution in [0.3, 0.4) is 0 Å². The number of anilines is 1. The molecule has 5 nitrogen and oxygen atoms in total. The van der Waals surface area contributed by atoms with Gasteiger partial charge in [0.2, 0.25) is 0 Å². The van der Waals surface area contributed by atoms with Crippen molar-refractivity contribution >= 4 is 17.4 Å². The van der Waals surface area contributed by atoms with Crippen LogP contribution in [0.2, 0.25) is 0 Å². The molecule has 0 aliphatic heterocycles. The molecule has 1 N–H and O–H groups in total. The second kappa shape index (κ2) is 8.52. The third-order valence-electron chi connectivity index (χ3n) is 4.23. The molecule has 0 aromatic heterocycles. The zero-order chi connectivity index (χ0) is 19.3. The number of benzene rings is 2. The van der Waals surface area contributed by atoms with Crippen molar-refractivity contribution in [1.29, 1.82) is 0 Å². The van der Waals surface area contributed by atoms with E-state index in [9.17, 15) is 9.59 Å². The summed E-state index contributed by atoms with van der Waals surface area (Å²) in [5, 5.41) is 2.69. The number of carbonyl (C=O) groups is 2. The monoisotopic (exact) mass is 354 g/mol. The fourth-order valence-electron chi connectivity index (χ4n) is 2.63. The van der Waals surface area contributed by atoms with Gasteiger partial charge >= 0.3 is 0 Å². The van der Waals surface area contributed by atoms with Crippen molar-refractivity contribution in [2.45, 2.75) is 19.8 Å². The van der Waals surface area contributed by atoms with E-state index in [2.05, 4.69) is 5.32 Å². The molecule has 0 aliphatic rings. The molecule has 5 heteroatoms. The van der Waals surface area contributed by atoms with Crippen LogP contribution in [0, 0.1) is 0 Å². The van der Waals surface area contributed by atoms with Crippen LogP contribution in [-0.2, 0) is 0 Å². The lowest BCUT2D eigenvalue weighted by Gasteiger charge is -2.14. The van der Waals surface area contributed by atoms with Gasteiger partial charge in [-0.2, -0.15) is 0 Å². The molecule has 26 heavy (non-hydrogen) atoms. The van der Waals surface area contributed by atoms with Crippen LogP contribution in [0.15, 0.2) is 42.5 Å². The third kappa shape index (κ3) is 4.63. The summed E-state index contributed by atoms with van der Waals surface area (Å²) in [5.41, 5.74) is 3.08. The molecule has 2 aromatic carbocycles. The van der Waals surface area contributed by atoms with E-state index >= 15 is 0 Å². The predicted molar refractivity (Wildman–Crippen MR) is 105 cm³/mol. The van der Waals surface area contributed by atoms with Crippen LogP contribution in [0.5, 0.6) is 5.75 Å². The van der Waals surface area contributed by atoms with Gasteiger partial charge in [-0.1, -0.05) is 13.8 Å². The van der Waals surface area contributed by atoms with Gasteiger partial charge in [0.1, 0.15) is 5.75 Å². The zero-order valence-electron chi connectivity index (χ0n) is 16.0. The largest absolute Gasteiger partial charge is 0.496 e. The molecule has 0 saturated carbocycles. The summed E-state index contributed by atoms with van der Waals surface area (Å²) >= 11 is 0. The summed E-state index contributed by atoms with van der Waals surface area (Å²) in [7, 11) is 5.49. The molecular weight excluding hydrogens is 328 g/mol. The maximum atomic E-state index is 12.4. The normalized spacial score (nSPS) is 10.5. The van der Waals surface area contributed by atoms with E-state index in [0.717, 1.165) is 17.0 Å². The zero-order valence-corrected chi connectivity index (χ0v) is 16.0. The number of nitrogens with one attached hydrogen (secondary N) is 1. The number of ether oxygens (including phenoxy) is 1. The number of carbonyl (C=O) groups excluding carboxylic acids is 2. The van der Waals surface area contributed by atoms with Gasteiger partial charge < -0.3 is 15.0 Å². The van der Waals surface area contributed by atoms with Crippen LogP contribution < -0.4 is 15.0 Å². The molecule has 1 amide bonds. The smallest absolute Gasteiger partial charge is 0.251 e. The lowest BCUT2D eigenvalue weighted by molar-refractivity contribution is 0.0904. The second-order valence-corrected chi connectivity index (χ2v) is 6.66. The molecule has 0 bridgehead atoms. The van der Waals surface area contributed by atoms with Crippen LogP contribution in [0.25, 0.3) is 0 Å². The predicted octanol–water partition coefficient (Wildman–Crippen LogP) is 3.50. The van der Waals surface area contributed by atoms with E-state index < -0.39 is 0 Å². The summed E-state index contributed by atoms with van der Waals surface area (Å²) in [6, 6.07) is 12.6. The van der Waals surface area contributed by atoms with Gasteiger partial charge in [-0.15, -0.1) is 0 Å². The Kier molecular flexibility index (Phi) is 6.39. The van der Waals surface area contributed by atoms with Gasteiger partial charge in [-0.3, -0.25) is 9.59 Å². The van der Waals surface area contributed by atoms with Crippen molar-refractivity contribution in [1.82, 2.24) is 5.32 Å². The fraction of sp³-hybridized carbons (Fsp3) is 0.333. The second-order valence-electron chi connectivity index (χ2n) is 6.66. The Morgan fingerprint density at radius 3 is 2.19 bits per heavy atom. The average molecular weight is 354 g/mol. The lowest BCUT2D eigenvalue weighted by Crippen LogP contribution is -2.29. The van der Waals surface area contributed by atoms with Crippen molar-refractivity contribution in [3.63, 3.8) is 0 Å². The van der Waals surface area contributed by atoms with E-state index in [1.807, 2.05) is 51.0 Å². The molecule has 2 rings (SSSR count). The molecule has 0 fully saturated rings. The van der Waals surface area contributed by atoms with E-state index in [0.29, 0.717) is 11.1 Å². The SMILES string of the molecule is COc1ccc(C(=O)CNC(=O)c2ccc(N(C)C)cc2)cc1C(C)C. The highest BCUT2D eigenvalue weighted by Crippen LogP contribution is 2.27. The van der Waals surface area contributed by atoms with Crippen molar-refractivity contribution in [3.8, 4) is 5.75 Å². The number of hydrogen-bond acceptors (Lipinski definition) is 4. The van der Waals surface area contributed by atoms with Gasteiger partial charge in [-0.25, -0.2) is 0 Å². The Bertz CT molecular complexity index is 780. The fourth-order valence-corrected chi connectivity index (χ4v) is 2.63. The Morgan fingerprint density at radius 2 is 1.65 bits per heavy atom. The quantitative estimate of drug-likeness (QED) is 0.773. The molecule has 0 heterocycles. The molecule has 0 spiro atoms. The number of amides is 1. The van der Waals surface area contributed by atoms with Gasteiger partial charge in [-0.05, 0) is 53.9 Å². The molecule has 2 aromatic rings. The molecule has 0 aliphatic carbocycles. The van der Waals surface area contributed by atoms with Crippen molar-refractivity contribution < 1.29 is 14.3 Å². The molecule has 0 radical (unpaired) electrons. The van der Waals surface area contributed by atoms with Gasteiger partial charge in [0.15, 0.2) is 5.78 Å². The van der Waals surface area contributed by atoms with Gasteiger partial charge in [0, 0.05) is 30.9 Å².